The van der Waals surface area contributed by atoms with Crippen molar-refractivity contribution in [3.05, 3.63) is 45.0 Å². The maximum Gasteiger partial charge on any atom is 0.198 e. The lowest BCUT2D eigenvalue weighted by atomic mass is 10.5. The summed E-state index contributed by atoms with van der Waals surface area (Å²) in [7, 11) is 0. The van der Waals surface area contributed by atoms with Gasteiger partial charge in [0.15, 0.2) is 10.9 Å². The second-order valence-electron chi connectivity index (χ2n) is 1.88. The molecule has 0 fully saturated rings. The fourth-order valence-corrected chi connectivity index (χ4v) is 0.500. The Morgan fingerprint density at radius 2 is 1.33 bits per heavy atom. The van der Waals surface area contributed by atoms with Crippen molar-refractivity contribution in [1.29, 1.82) is 0 Å². The summed E-state index contributed by atoms with van der Waals surface area (Å²) in [5.41, 5.74) is -0.735. The van der Waals surface area contributed by atoms with Crippen LogP contribution in [0.4, 0.5) is 0 Å². The van der Waals surface area contributed by atoms with Crippen LogP contribution in [0.3, 0.4) is 0 Å². The standard InChI is InChI=1S/C6H6N4O2/c11-5-1-2-6(12)4-8-10-9-7-3-5/h1-4,9-10H. The van der Waals surface area contributed by atoms with E-state index in [1.807, 2.05) is 0 Å². The highest BCUT2D eigenvalue weighted by molar-refractivity contribution is 4.89. The predicted octanol–water partition coefficient (Wildman–Crippen LogP) is -1.02. The zero-order valence-corrected chi connectivity index (χ0v) is 6.02. The molecule has 1 heterocycles. The number of hydrogen-bond donors (Lipinski definition) is 2. The molecule has 1 aromatic rings. The van der Waals surface area contributed by atoms with Crippen molar-refractivity contribution < 1.29 is 0 Å². The molecule has 0 aliphatic heterocycles. The van der Waals surface area contributed by atoms with Crippen LogP contribution in [0.15, 0.2) is 34.1 Å². The van der Waals surface area contributed by atoms with E-state index in [9.17, 15) is 9.59 Å². The van der Waals surface area contributed by atoms with E-state index in [4.69, 9.17) is 0 Å². The third-order valence-corrected chi connectivity index (χ3v) is 0.975. The van der Waals surface area contributed by atoms with Crippen LogP contribution in [0, 0.1) is 0 Å². The fraction of sp³-hybridized carbons (Fsp3) is 0. The average molecular weight is 166 g/mol. The normalized spacial score (nSPS) is 8.67. The van der Waals surface area contributed by atoms with Crippen LogP contribution in [0.5, 0.6) is 0 Å². The van der Waals surface area contributed by atoms with Crippen molar-refractivity contribution in [2.24, 2.45) is 0 Å². The Balaban J connectivity index is 3.41. The van der Waals surface area contributed by atoms with Crippen LogP contribution in [-0.2, 0) is 0 Å². The van der Waals surface area contributed by atoms with Crippen LogP contribution in [0.2, 0.25) is 0 Å². The molecular formula is C6H6N4O2. The highest BCUT2D eigenvalue weighted by Crippen LogP contribution is 1.54. The smallest absolute Gasteiger partial charge is 0.198 e. The van der Waals surface area contributed by atoms with Crippen LogP contribution in [0.1, 0.15) is 0 Å². The van der Waals surface area contributed by atoms with E-state index < -0.39 is 0 Å². The third kappa shape index (κ3) is 2.74. The molecule has 6 nitrogen and oxygen atoms in total. The summed E-state index contributed by atoms with van der Waals surface area (Å²) < 4.78 is 0. The molecule has 0 saturated carbocycles. The van der Waals surface area contributed by atoms with E-state index in [1.165, 1.54) is 0 Å². The van der Waals surface area contributed by atoms with E-state index in [0.29, 0.717) is 0 Å². The first kappa shape index (κ1) is 8.12. The summed E-state index contributed by atoms with van der Waals surface area (Å²) >= 11 is 0. The highest BCUT2D eigenvalue weighted by Gasteiger charge is 1.75. The molecule has 0 bridgehead atoms. The molecule has 12 heavy (non-hydrogen) atoms. The van der Waals surface area contributed by atoms with Gasteiger partial charge in [0.2, 0.25) is 0 Å². The van der Waals surface area contributed by atoms with Gasteiger partial charge in [-0.2, -0.15) is 10.2 Å². The van der Waals surface area contributed by atoms with Gasteiger partial charge in [-0.05, 0) is 12.1 Å². The first-order valence-corrected chi connectivity index (χ1v) is 3.11. The molecule has 0 saturated heterocycles. The first-order chi connectivity index (χ1) is 5.79. The number of hydrogen-bond acceptors (Lipinski definition) is 4. The Hall–Kier alpha value is -1.98. The molecule has 1 rings (SSSR count). The minimum atomic E-state index is -0.368. The molecule has 2 N–H and O–H groups in total. The molecule has 0 radical (unpaired) electrons. The second kappa shape index (κ2) is 4.02. The van der Waals surface area contributed by atoms with Gasteiger partial charge in [0.25, 0.3) is 0 Å². The molecule has 0 spiro atoms. The molecule has 0 aromatic carbocycles. The lowest BCUT2D eigenvalue weighted by Crippen LogP contribution is -2.01. The number of aromatic nitrogens is 4. The van der Waals surface area contributed by atoms with E-state index in [2.05, 4.69) is 20.6 Å². The van der Waals surface area contributed by atoms with Crippen molar-refractivity contribution in [1.82, 2.24) is 20.6 Å². The highest BCUT2D eigenvalue weighted by atomic mass is 16.1. The van der Waals surface area contributed by atoms with Gasteiger partial charge in [0, 0.05) is 0 Å². The molecule has 0 amide bonds. The molecular weight excluding hydrogens is 160 g/mol. The van der Waals surface area contributed by atoms with E-state index in [1.54, 1.807) is 0 Å². The van der Waals surface area contributed by atoms with Crippen molar-refractivity contribution in [2.75, 3.05) is 0 Å². The maximum atomic E-state index is 10.7. The van der Waals surface area contributed by atoms with Gasteiger partial charge < -0.3 is 0 Å². The van der Waals surface area contributed by atoms with Crippen LogP contribution < -0.4 is 10.9 Å². The molecule has 0 aliphatic rings. The molecule has 0 unspecified atom stereocenters. The number of nitrogens with one attached hydrogen (secondary N) is 2. The molecule has 0 atom stereocenters. The summed E-state index contributed by atoms with van der Waals surface area (Å²) in [6.07, 6.45) is 2.05. The van der Waals surface area contributed by atoms with Gasteiger partial charge in [-0.1, -0.05) is 0 Å². The van der Waals surface area contributed by atoms with E-state index in [0.717, 1.165) is 24.5 Å². The quantitative estimate of drug-likeness (QED) is 0.516. The number of aromatic amines is 2. The minimum Gasteiger partial charge on any atom is -0.288 e. The molecule has 0 aliphatic carbocycles. The fourth-order valence-electron chi connectivity index (χ4n) is 0.500. The largest absolute Gasteiger partial charge is 0.288 e. The summed E-state index contributed by atoms with van der Waals surface area (Å²) in [5.74, 6) is 0. The molecule has 1 aromatic heterocycles. The zero-order valence-electron chi connectivity index (χ0n) is 6.02. The molecule has 62 valence electrons. The maximum absolute atomic E-state index is 10.7. The Morgan fingerprint density at radius 3 is 1.75 bits per heavy atom. The number of nitrogens with zero attached hydrogens (tertiary/aromatic N) is 2. The Kier molecular flexibility index (Phi) is 2.72. The van der Waals surface area contributed by atoms with Crippen LogP contribution >= 0.6 is 0 Å². The van der Waals surface area contributed by atoms with Gasteiger partial charge in [-0.15, -0.1) is 0 Å². The number of rotatable bonds is 0. The zero-order chi connectivity index (χ0) is 8.81. The van der Waals surface area contributed by atoms with Crippen LogP contribution in [-0.4, -0.2) is 20.6 Å². The van der Waals surface area contributed by atoms with Gasteiger partial charge in [-0.3, -0.25) is 9.59 Å². The Bertz CT molecular complexity index is 367. The van der Waals surface area contributed by atoms with Gasteiger partial charge in [0.05, 0.1) is 12.4 Å². The van der Waals surface area contributed by atoms with E-state index >= 15 is 0 Å². The van der Waals surface area contributed by atoms with Gasteiger partial charge in [-0.25, -0.2) is 10.4 Å². The second-order valence-corrected chi connectivity index (χ2v) is 1.88. The Morgan fingerprint density at radius 1 is 0.917 bits per heavy atom. The summed E-state index contributed by atoms with van der Waals surface area (Å²) in [5, 5.41) is 11.3. The summed E-state index contributed by atoms with van der Waals surface area (Å²) in [6, 6.07) is 2.23. The average Bonchev–Trinajstić information content (AvgIpc) is 2.07. The van der Waals surface area contributed by atoms with Crippen molar-refractivity contribution >= 4 is 0 Å². The van der Waals surface area contributed by atoms with Gasteiger partial charge >= 0.3 is 0 Å². The number of H-pyrrole nitrogens is 2. The van der Waals surface area contributed by atoms with Crippen molar-refractivity contribution in [3.8, 4) is 0 Å². The molecule has 6 heteroatoms. The van der Waals surface area contributed by atoms with Crippen molar-refractivity contribution in [3.63, 3.8) is 0 Å². The van der Waals surface area contributed by atoms with Gasteiger partial charge in [0.1, 0.15) is 0 Å². The monoisotopic (exact) mass is 166 g/mol. The predicted molar refractivity (Wildman–Crippen MR) is 40.9 cm³/mol. The summed E-state index contributed by atoms with van der Waals surface area (Å²) in [4.78, 5) is 21.5. The lowest BCUT2D eigenvalue weighted by molar-refractivity contribution is 0.786. The van der Waals surface area contributed by atoms with Crippen molar-refractivity contribution in [2.45, 2.75) is 0 Å². The first-order valence-electron chi connectivity index (χ1n) is 3.11. The topological polar surface area (TPSA) is 91.5 Å². The van der Waals surface area contributed by atoms with Crippen LogP contribution in [0.25, 0.3) is 0 Å². The van der Waals surface area contributed by atoms with E-state index in [-0.39, 0.29) is 10.9 Å². The Labute approximate surface area is 66.6 Å². The SMILES string of the molecule is O=c1ccc(=O)cn[nH][nH]nc1. The minimum absolute atomic E-state index is 0.368. The summed E-state index contributed by atoms with van der Waals surface area (Å²) in [6.45, 7) is 0. The third-order valence-electron chi connectivity index (χ3n) is 0.975. The lowest BCUT2D eigenvalue weighted by Gasteiger charge is -1.73.